The number of ether oxygens (including phenoxy) is 1. The molecule has 0 aromatic heterocycles. The number of rotatable bonds is 7. The van der Waals surface area contributed by atoms with Crippen LogP contribution in [0.15, 0.2) is 242 Å². The maximum absolute atomic E-state index is 9.86. The summed E-state index contributed by atoms with van der Waals surface area (Å²) in [4.78, 5) is 2.52. The molecule has 0 N–H and O–H groups in total. The van der Waals surface area contributed by atoms with Crippen LogP contribution >= 0.6 is 0 Å². The Bertz CT molecular complexity index is 4870. The van der Waals surface area contributed by atoms with E-state index < -0.39 is 72.6 Å². The minimum absolute atomic E-state index is 0.160. The van der Waals surface area contributed by atoms with Gasteiger partial charge in [0.05, 0.1) is 24.8 Å². The van der Waals surface area contributed by atoms with Crippen molar-refractivity contribution in [1.29, 1.82) is 0 Å². The Hall–Kier alpha value is -8.92. The van der Waals surface area contributed by atoms with Crippen molar-refractivity contribution < 1.29 is 18.4 Å². The van der Waals surface area contributed by atoms with Crippen molar-refractivity contribution in [2.45, 2.75) is 110 Å². The fourth-order valence-corrected chi connectivity index (χ4v) is 13.5. The molecule has 2 nitrogen and oxygen atoms in total. The van der Waals surface area contributed by atoms with Crippen LogP contribution < -0.4 is 26.0 Å². The van der Waals surface area contributed by atoms with E-state index >= 15 is 0 Å². The molecule has 0 atom stereocenters. The lowest BCUT2D eigenvalue weighted by Gasteiger charge is -2.43. The van der Waals surface area contributed by atoms with Gasteiger partial charge in [-0.2, -0.15) is 0 Å². The summed E-state index contributed by atoms with van der Waals surface area (Å²) in [7, 11) is 0. The van der Waals surface area contributed by atoms with E-state index in [0.29, 0.717) is 39.1 Å². The molecule has 0 spiro atoms. The summed E-state index contributed by atoms with van der Waals surface area (Å²) >= 11 is 0. The van der Waals surface area contributed by atoms with Gasteiger partial charge in [0.25, 0.3) is 6.71 Å². The van der Waals surface area contributed by atoms with E-state index in [-0.39, 0.29) is 32.8 Å². The standard InChI is InChI=1S/C83H76BNO/c1-79(2,3)60-44-57(45-61(48-60)80(4,5)6)55-40-42-70-72(47-55)85(78-67(53-28-17-13-18-29-53)49-62(81(7,8)9)50-68(78)54-30-19-14-20-31-54)73-51-63(82(10,11)12)52-75-77(73)84(70)71-46-56(41-43-74(71)86-75)64-37-27-38-66-65-36-25-26-39-69(65)83(76(64)66,58-32-21-15-22-33-58)59-34-23-16-24-35-59/h13-52H,1-12H3/i15D,16D,21D,22D,23D,24D,32D,33D,34D,35D. The van der Waals surface area contributed by atoms with Crippen LogP contribution in [0.2, 0.25) is 0 Å². The zero-order valence-electron chi connectivity index (χ0n) is 61.3. The predicted octanol–water partition coefficient (Wildman–Crippen LogP) is 20.3. The van der Waals surface area contributed by atoms with Gasteiger partial charge in [0.1, 0.15) is 11.5 Å². The van der Waals surface area contributed by atoms with Crippen molar-refractivity contribution >= 4 is 40.2 Å². The zero-order valence-corrected chi connectivity index (χ0v) is 51.3. The Morgan fingerprint density at radius 3 is 1.47 bits per heavy atom. The number of hydrogen-bond donors (Lipinski definition) is 0. The summed E-state index contributed by atoms with van der Waals surface area (Å²) in [5, 5.41) is 0. The Labute approximate surface area is 525 Å². The maximum Gasteiger partial charge on any atom is 0.256 e. The summed E-state index contributed by atoms with van der Waals surface area (Å²) in [6.07, 6.45) is 0. The number of nitrogens with zero attached hydrogens (tertiary/aromatic N) is 1. The Balaban J connectivity index is 1.11. The Morgan fingerprint density at radius 2 is 0.884 bits per heavy atom. The lowest BCUT2D eigenvalue weighted by Crippen LogP contribution is -2.59. The van der Waals surface area contributed by atoms with E-state index in [1.807, 2.05) is 42.5 Å². The monoisotopic (exact) mass is 1120 g/mol. The van der Waals surface area contributed by atoms with Crippen molar-refractivity contribution in [2.24, 2.45) is 0 Å². The van der Waals surface area contributed by atoms with Gasteiger partial charge in [0.15, 0.2) is 0 Å². The first-order chi connectivity index (χ1) is 45.3. The summed E-state index contributed by atoms with van der Waals surface area (Å²) in [6.45, 7) is 26.7. The highest BCUT2D eigenvalue weighted by Gasteiger charge is 2.49. The molecular formula is C83H76BNO. The van der Waals surface area contributed by atoms with Crippen LogP contribution in [0, 0.1) is 0 Å². The Kier molecular flexibility index (Phi) is 10.4. The highest BCUT2D eigenvalue weighted by Crippen LogP contribution is 2.59. The third kappa shape index (κ3) is 8.99. The highest BCUT2D eigenvalue weighted by atomic mass is 16.5. The molecule has 1 aliphatic carbocycles. The van der Waals surface area contributed by atoms with Gasteiger partial charge in [-0.25, -0.2) is 0 Å². The average molecular weight is 1120 g/mol. The van der Waals surface area contributed by atoms with Crippen molar-refractivity contribution in [3.63, 3.8) is 0 Å². The first kappa shape index (κ1) is 44.5. The van der Waals surface area contributed by atoms with Crippen LogP contribution in [0.5, 0.6) is 11.5 Å². The molecule has 14 rings (SSSR count). The zero-order chi connectivity index (χ0) is 68.4. The minimum atomic E-state index is -2.07. The van der Waals surface area contributed by atoms with Gasteiger partial charge in [0, 0.05) is 22.5 Å². The van der Waals surface area contributed by atoms with Gasteiger partial charge in [-0.1, -0.05) is 289 Å². The van der Waals surface area contributed by atoms with Gasteiger partial charge in [-0.15, -0.1) is 0 Å². The van der Waals surface area contributed by atoms with E-state index in [1.165, 1.54) is 16.7 Å². The molecule has 11 aromatic rings. The third-order valence-corrected chi connectivity index (χ3v) is 18.1. The molecule has 0 unspecified atom stereocenters. The molecule has 2 aliphatic heterocycles. The molecule has 0 radical (unpaired) electrons. The van der Waals surface area contributed by atoms with Crippen LogP contribution in [0.4, 0.5) is 17.1 Å². The van der Waals surface area contributed by atoms with Crippen molar-refractivity contribution in [2.75, 3.05) is 4.90 Å². The molecule has 86 heavy (non-hydrogen) atoms. The molecule has 3 aliphatic rings. The van der Waals surface area contributed by atoms with Crippen LogP contribution in [0.3, 0.4) is 0 Å². The summed E-state index contributed by atoms with van der Waals surface area (Å²) in [5.41, 5.74) is 16.9. The van der Waals surface area contributed by atoms with Gasteiger partial charge < -0.3 is 9.64 Å². The van der Waals surface area contributed by atoms with Crippen LogP contribution in [-0.4, -0.2) is 6.71 Å². The maximum atomic E-state index is 9.86. The smallest absolute Gasteiger partial charge is 0.256 e. The molecule has 0 amide bonds. The second-order valence-electron chi connectivity index (χ2n) is 27.8. The van der Waals surface area contributed by atoms with Crippen molar-refractivity contribution in [3.05, 3.63) is 287 Å². The fraction of sp³-hybridized carbons (Fsp3) is 0.205. The summed E-state index contributed by atoms with van der Waals surface area (Å²) in [6, 6.07) is 58.2. The first-order valence-electron chi connectivity index (χ1n) is 35.1. The molecule has 0 saturated carbocycles. The quantitative estimate of drug-likeness (QED) is 0.148. The largest absolute Gasteiger partial charge is 0.458 e. The van der Waals surface area contributed by atoms with Gasteiger partial charge in [-0.3, -0.25) is 0 Å². The number of anilines is 3. The second kappa shape index (κ2) is 20.1. The lowest BCUT2D eigenvalue weighted by atomic mass is 9.34. The van der Waals surface area contributed by atoms with Crippen LogP contribution in [0.25, 0.3) is 55.6 Å². The van der Waals surface area contributed by atoms with Crippen molar-refractivity contribution in [3.8, 4) is 67.1 Å². The molecule has 0 bridgehead atoms. The summed E-state index contributed by atoms with van der Waals surface area (Å²) in [5.74, 6) is 1.36. The van der Waals surface area contributed by atoms with E-state index in [2.05, 4.69) is 215 Å². The highest BCUT2D eigenvalue weighted by molar-refractivity contribution is 6.99. The van der Waals surface area contributed by atoms with Gasteiger partial charge >= 0.3 is 0 Å². The molecular weight excluding hydrogens is 1040 g/mol. The van der Waals surface area contributed by atoms with E-state index in [1.54, 1.807) is 12.1 Å². The predicted molar refractivity (Wildman–Crippen MR) is 366 cm³/mol. The van der Waals surface area contributed by atoms with Crippen LogP contribution in [-0.2, 0) is 27.1 Å². The normalized spacial score (nSPS) is 15.6. The SMILES string of the molecule is [2H]c1c([2H])c([2H])c(C2(c3c([2H])c([2H])c([2H])c([2H])c3[2H])c3ccccc3-c3cccc(-c4ccc5c(c4)B4c6ccc(-c7cc(C(C)(C)C)cc(C(C)(C)C)c7)cc6N(c6c(-c7ccccc7)cc(C(C)(C)C)cc6-c6ccccc6)c6cc(C(C)(C)C)cc(c64)O5)c32)c([2H])c1[2H]. The van der Waals surface area contributed by atoms with E-state index in [4.69, 9.17) is 7.48 Å². The number of hydrogen-bond acceptors (Lipinski definition) is 2. The van der Waals surface area contributed by atoms with E-state index in [9.17, 15) is 11.0 Å². The molecule has 3 heteroatoms. The van der Waals surface area contributed by atoms with Gasteiger partial charge in [-0.05, 0) is 163 Å². The van der Waals surface area contributed by atoms with E-state index in [0.717, 1.165) is 78.1 Å². The molecule has 11 aromatic carbocycles. The molecule has 422 valence electrons. The lowest BCUT2D eigenvalue weighted by molar-refractivity contribution is 0.483. The number of benzene rings is 11. The Morgan fingerprint density at radius 1 is 0.372 bits per heavy atom. The topological polar surface area (TPSA) is 12.5 Å². The van der Waals surface area contributed by atoms with Crippen LogP contribution in [0.1, 0.15) is 141 Å². The molecule has 0 fully saturated rings. The number of fused-ring (bicyclic) bond motifs is 7. The minimum Gasteiger partial charge on any atom is -0.458 e. The first-order valence-corrected chi connectivity index (χ1v) is 30.1. The molecule has 2 heterocycles. The summed E-state index contributed by atoms with van der Waals surface area (Å²) < 4.78 is 101. The van der Waals surface area contributed by atoms with Gasteiger partial charge in [0.2, 0.25) is 0 Å². The van der Waals surface area contributed by atoms with Crippen molar-refractivity contribution in [1.82, 2.24) is 0 Å². The second-order valence-corrected chi connectivity index (χ2v) is 27.8. The third-order valence-electron chi connectivity index (χ3n) is 18.1. The average Bonchev–Trinajstić information content (AvgIpc) is 1.38. The molecule has 0 saturated heterocycles. The fourth-order valence-electron chi connectivity index (χ4n) is 13.5.